The third-order valence-corrected chi connectivity index (χ3v) is 5.44. The Morgan fingerprint density at radius 3 is 2.65 bits per heavy atom. The molecule has 2 rings (SSSR count). The Balaban J connectivity index is 1.92. The maximum Gasteiger partial charge on any atom is 0.312 e. The highest BCUT2D eigenvalue weighted by molar-refractivity contribution is 7.98. The molecule has 0 radical (unpaired) electrons. The molecule has 1 aliphatic rings. The van der Waals surface area contributed by atoms with Gasteiger partial charge in [0.15, 0.2) is 0 Å². The summed E-state index contributed by atoms with van der Waals surface area (Å²) in [4.78, 5) is 26.0. The lowest BCUT2D eigenvalue weighted by Crippen LogP contribution is -2.46. The second-order valence-electron chi connectivity index (χ2n) is 6.84. The fourth-order valence-corrected chi connectivity index (χ4v) is 3.70. The molecule has 6 nitrogen and oxygen atoms in total. The molecule has 0 bridgehead atoms. The normalized spacial score (nSPS) is 18.9. The number of hydrogen-bond donors (Lipinski definition) is 3. The lowest BCUT2D eigenvalue weighted by Gasteiger charge is -2.33. The largest absolute Gasteiger partial charge is 0.352 e. The average molecular weight is 379 g/mol. The zero-order chi connectivity index (χ0) is 18.9. The molecule has 0 unspecified atom stereocenters. The summed E-state index contributed by atoms with van der Waals surface area (Å²) >= 11 is 1.62. The lowest BCUT2D eigenvalue weighted by atomic mass is 10.0. The number of nitrogens with one attached hydrogen (secondary N) is 2. The van der Waals surface area contributed by atoms with Crippen LogP contribution < -0.4 is 16.4 Å². The van der Waals surface area contributed by atoms with Gasteiger partial charge in [0.25, 0.3) is 0 Å². The van der Waals surface area contributed by atoms with Gasteiger partial charge in [0.1, 0.15) is 6.04 Å². The van der Waals surface area contributed by atoms with Crippen molar-refractivity contribution in [1.82, 2.24) is 10.2 Å². The van der Waals surface area contributed by atoms with Crippen LogP contribution >= 0.6 is 11.8 Å². The highest BCUT2D eigenvalue weighted by atomic mass is 32.2. The van der Waals surface area contributed by atoms with E-state index in [2.05, 4.69) is 34.6 Å². The second kappa shape index (κ2) is 10.4. The molecular weight excluding hydrogens is 348 g/mol. The molecule has 7 heteroatoms. The summed E-state index contributed by atoms with van der Waals surface area (Å²) in [5, 5.41) is 5.38. The van der Waals surface area contributed by atoms with Gasteiger partial charge in [-0.05, 0) is 62.4 Å². The van der Waals surface area contributed by atoms with Gasteiger partial charge in [0, 0.05) is 18.3 Å². The summed E-state index contributed by atoms with van der Waals surface area (Å²) in [6.45, 7) is 4.37. The van der Waals surface area contributed by atoms with E-state index in [0.717, 1.165) is 24.5 Å². The number of anilines is 1. The van der Waals surface area contributed by atoms with Crippen molar-refractivity contribution in [3.63, 3.8) is 0 Å². The summed E-state index contributed by atoms with van der Waals surface area (Å²) in [5.41, 5.74) is 7.14. The molecule has 144 valence electrons. The maximum atomic E-state index is 12.4. The van der Waals surface area contributed by atoms with E-state index in [0.29, 0.717) is 12.5 Å². The van der Waals surface area contributed by atoms with Gasteiger partial charge in [0.2, 0.25) is 5.91 Å². The molecule has 1 aliphatic heterocycles. The molecule has 0 aliphatic carbocycles. The average Bonchev–Trinajstić information content (AvgIpc) is 2.62. The van der Waals surface area contributed by atoms with E-state index in [4.69, 9.17) is 5.73 Å². The number of primary amides is 1. The molecule has 4 N–H and O–H groups in total. The molecule has 1 saturated heterocycles. The quantitative estimate of drug-likeness (QED) is 0.649. The number of benzene rings is 1. The van der Waals surface area contributed by atoms with E-state index < -0.39 is 12.1 Å². The topological polar surface area (TPSA) is 87.5 Å². The van der Waals surface area contributed by atoms with Crippen LogP contribution in [0.5, 0.6) is 0 Å². The van der Waals surface area contributed by atoms with E-state index in [1.165, 1.54) is 24.8 Å². The van der Waals surface area contributed by atoms with Gasteiger partial charge in [-0.2, -0.15) is 11.8 Å². The molecule has 1 heterocycles. The van der Waals surface area contributed by atoms with Crippen LogP contribution in [0, 0.1) is 0 Å². The van der Waals surface area contributed by atoms with Crippen LogP contribution in [0.15, 0.2) is 24.3 Å². The van der Waals surface area contributed by atoms with Crippen LogP contribution in [0.4, 0.5) is 10.5 Å². The first kappa shape index (κ1) is 20.6. The van der Waals surface area contributed by atoms with Crippen molar-refractivity contribution in [1.29, 1.82) is 0 Å². The van der Waals surface area contributed by atoms with Gasteiger partial charge < -0.3 is 16.4 Å². The predicted molar refractivity (Wildman–Crippen MR) is 108 cm³/mol. The zero-order valence-corrected chi connectivity index (χ0v) is 16.5. The van der Waals surface area contributed by atoms with Gasteiger partial charge in [-0.1, -0.05) is 18.6 Å². The summed E-state index contributed by atoms with van der Waals surface area (Å²) in [6, 6.07) is 7.26. The highest BCUT2D eigenvalue weighted by Gasteiger charge is 2.20. The fourth-order valence-electron chi connectivity index (χ4n) is 3.23. The maximum absolute atomic E-state index is 12.4. The van der Waals surface area contributed by atoms with Crippen LogP contribution in [0.25, 0.3) is 0 Å². The first-order valence-corrected chi connectivity index (χ1v) is 10.6. The first-order valence-electron chi connectivity index (χ1n) is 9.18. The van der Waals surface area contributed by atoms with Gasteiger partial charge >= 0.3 is 6.03 Å². The Morgan fingerprint density at radius 2 is 2.04 bits per heavy atom. The lowest BCUT2D eigenvalue weighted by molar-refractivity contribution is -0.117. The number of amides is 3. The Labute approximate surface area is 160 Å². The standard InChI is InChI=1S/C19H30N4O2S/c1-14-5-3-4-11-23(14)13-15-6-8-16(9-7-15)21-18(24)17(10-12-26-2)22-19(20)25/h6-9,14,17H,3-5,10-13H2,1-2H3,(H,21,24)(H3,20,22,25)/t14-,17-/m1/s1. The molecular formula is C19H30N4O2S. The van der Waals surface area contributed by atoms with Crippen molar-refractivity contribution in [2.75, 3.05) is 23.9 Å². The van der Waals surface area contributed by atoms with Crippen molar-refractivity contribution < 1.29 is 9.59 Å². The highest BCUT2D eigenvalue weighted by Crippen LogP contribution is 2.20. The van der Waals surface area contributed by atoms with Gasteiger partial charge in [-0.3, -0.25) is 9.69 Å². The van der Waals surface area contributed by atoms with E-state index in [1.807, 2.05) is 18.4 Å². The second-order valence-corrected chi connectivity index (χ2v) is 7.83. The van der Waals surface area contributed by atoms with Crippen LogP contribution in [-0.2, 0) is 11.3 Å². The van der Waals surface area contributed by atoms with Crippen LogP contribution in [0.3, 0.4) is 0 Å². The van der Waals surface area contributed by atoms with E-state index in [1.54, 1.807) is 11.8 Å². The molecule has 1 fully saturated rings. The minimum absolute atomic E-state index is 0.241. The molecule has 0 saturated carbocycles. The number of thioether (sulfide) groups is 1. The van der Waals surface area contributed by atoms with Crippen molar-refractivity contribution in [3.05, 3.63) is 29.8 Å². The molecule has 1 aromatic rings. The zero-order valence-electron chi connectivity index (χ0n) is 15.7. The molecule has 0 aromatic heterocycles. The smallest absolute Gasteiger partial charge is 0.312 e. The summed E-state index contributed by atoms with van der Waals surface area (Å²) in [6.07, 6.45) is 6.35. The van der Waals surface area contributed by atoms with E-state index in [-0.39, 0.29) is 5.91 Å². The number of urea groups is 1. The minimum atomic E-state index is -0.683. The van der Waals surface area contributed by atoms with Crippen LogP contribution in [0.1, 0.15) is 38.2 Å². The van der Waals surface area contributed by atoms with Gasteiger partial charge in [-0.15, -0.1) is 0 Å². The van der Waals surface area contributed by atoms with Gasteiger partial charge in [0.05, 0.1) is 0 Å². The van der Waals surface area contributed by atoms with Crippen molar-refractivity contribution in [3.8, 4) is 0 Å². The van der Waals surface area contributed by atoms with Crippen molar-refractivity contribution in [2.24, 2.45) is 5.73 Å². The first-order chi connectivity index (χ1) is 12.5. The fraction of sp³-hybridized carbons (Fsp3) is 0.579. The van der Waals surface area contributed by atoms with Crippen molar-refractivity contribution in [2.45, 2.75) is 51.2 Å². The summed E-state index contributed by atoms with van der Waals surface area (Å²) in [7, 11) is 0. The van der Waals surface area contributed by atoms with Crippen molar-refractivity contribution >= 4 is 29.4 Å². The Kier molecular flexibility index (Phi) is 8.25. The molecule has 3 amide bonds. The Hall–Kier alpha value is -1.73. The number of carbonyl (C=O) groups is 2. The molecule has 0 spiro atoms. The van der Waals surface area contributed by atoms with Gasteiger partial charge in [-0.25, -0.2) is 4.79 Å². The summed E-state index contributed by atoms with van der Waals surface area (Å²) < 4.78 is 0. The SMILES string of the molecule is CSCC[C@@H](NC(N)=O)C(=O)Nc1ccc(CN2CCCC[C@H]2C)cc1. The Morgan fingerprint density at radius 1 is 1.31 bits per heavy atom. The minimum Gasteiger partial charge on any atom is -0.352 e. The van der Waals surface area contributed by atoms with E-state index in [9.17, 15) is 9.59 Å². The number of likely N-dealkylation sites (tertiary alicyclic amines) is 1. The number of carbonyl (C=O) groups excluding carboxylic acids is 2. The monoisotopic (exact) mass is 378 g/mol. The number of nitrogens with zero attached hydrogens (tertiary/aromatic N) is 1. The van der Waals surface area contributed by atoms with E-state index >= 15 is 0 Å². The predicted octanol–water partition coefficient (Wildman–Crippen LogP) is 2.79. The van der Waals surface area contributed by atoms with Crippen LogP contribution in [-0.4, -0.2) is 47.5 Å². The summed E-state index contributed by atoms with van der Waals surface area (Å²) in [5.74, 6) is 0.529. The molecule has 26 heavy (non-hydrogen) atoms. The number of piperidine rings is 1. The molecule has 2 atom stereocenters. The third-order valence-electron chi connectivity index (χ3n) is 4.79. The number of hydrogen-bond acceptors (Lipinski definition) is 4. The third kappa shape index (κ3) is 6.53. The Bertz CT molecular complexity index is 594. The molecule has 1 aromatic carbocycles. The number of nitrogens with two attached hydrogens (primary N) is 1. The van der Waals surface area contributed by atoms with Crippen LogP contribution in [0.2, 0.25) is 0 Å². The number of rotatable bonds is 8.